The Morgan fingerprint density at radius 2 is 2.26 bits per heavy atom. The second kappa shape index (κ2) is 5.13. The normalized spacial score (nSPS) is 22.5. The van der Waals surface area contributed by atoms with E-state index in [4.69, 9.17) is 11.6 Å². The van der Waals surface area contributed by atoms with Crippen molar-refractivity contribution < 1.29 is 14.7 Å². The van der Waals surface area contributed by atoms with Gasteiger partial charge in [-0.05, 0) is 19.3 Å². The predicted molar refractivity (Wildman–Crippen MR) is 68.0 cm³/mol. The Kier molecular flexibility index (Phi) is 3.71. The zero-order valence-corrected chi connectivity index (χ0v) is 11.2. The Bertz CT molecular complexity index is 523. The summed E-state index contributed by atoms with van der Waals surface area (Å²) in [5.74, 6) is -1.41. The molecule has 19 heavy (non-hydrogen) atoms. The average Bonchev–Trinajstić information content (AvgIpc) is 2.82. The number of hydrogen-bond acceptors (Lipinski definition) is 4. The molecular formula is C12H14ClN3O3. The van der Waals surface area contributed by atoms with Crippen molar-refractivity contribution in [3.8, 4) is 0 Å². The van der Waals surface area contributed by atoms with Gasteiger partial charge in [0.1, 0.15) is 16.4 Å². The van der Waals surface area contributed by atoms with Gasteiger partial charge in [0.15, 0.2) is 0 Å². The number of carboxylic acids is 1. The minimum absolute atomic E-state index is 0.0773. The summed E-state index contributed by atoms with van der Waals surface area (Å²) in [5.41, 5.74) is -1.06. The molecule has 102 valence electrons. The summed E-state index contributed by atoms with van der Waals surface area (Å²) >= 11 is 5.70. The third-order valence-electron chi connectivity index (χ3n) is 3.54. The highest BCUT2D eigenvalue weighted by Crippen LogP contribution is 2.33. The Morgan fingerprint density at radius 1 is 1.53 bits per heavy atom. The molecule has 1 atom stereocenters. The maximum Gasteiger partial charge on any atom is 0.329 e. The van der Waals surface area contributed by atoms with E-state index in [1.165, 1.54) is 17.3 Å². The predicted octanol–water partition coefficient (Wildman–Crippen LogP) is 1.60. The highest BCUT2D eigenvalue weighted by atomic mass is 35.5. The van der Waals surface area contributed by atoms with Crippen LogP contribution in [-0.4, -0.2) is 43.9 Å². The lowest BCUT2D eigenvalue weighted by Crippen LogP contribution is -2.52. The molecule has 2 heterocycles. The first-order valence-corrected chi connectivity index (χ1v) is 6.42. The maximum atomic E-state index is 12.4. The molecule has 0 spiro atoms. The van der Waals surface area contributed by atoms with Gasteiger partial charge < -0.3 is 10.0 Å². The maximum absolute atomic E-state index is 12.4. The van der Waals surface area contributed by atoms with E-state index in [1.54, 1.807) is 6.92 Å². The molecule has 1 saturated heterocycles. The van der Waals surface area contributed by atoms with Gasteiger partial charge in [0, 0.05) is 6.54 Å². The van der Waals surface area contributed by atoms with Gasteiger partial charge in [0.2, 0.25) is 0 Å². The van der Waals surface area contributed by atoms with Gasteiger partial charge in [-0.25, -0.2) is 9.78 Å². The minimum Gasteiger partial charge on any atom is -0.479 e. The monoisotopic (exact) mass is 283 g/mol. The first-order chi connectivity index (χ1) is 9.01. The molecule has 0 radical (unpaired) electrons. The van der Waals surface area contributed by atoms with E-state index in [0.29, 0.717) is 25.8 Å². The largest absolute Gasteiger partial charge is 0.479 e. The van der Waals surface area contributed by atoms with Gasteiger partial charge in [-0.2, -0.15) is 0 Å². The van der Waals surface area contributed by atoms with E-state index >= 15 is 0 Å². The third-order valence-corrected chi connectivity index (χ3v) is 3.72. The van der Waals surface area contributed by atoms with Gasteiger partial charge in [0.05, 0.1) is 12.4 Å². The van der Waals surface area contributed by atoms with Crippen LogP contribution in [0.5, 0.6) is 0 Å². The number of carbonyl (C=O) groups is 2. The van der Waals surface area contributed by atoms with E-state index in [0.717, 1.165) is 0 Å². The summed E-state index contributed by atoms with van der Waals surface area (Å²) in [5, 5.41) is 9.54. The molecule has 7 heteroatoms. The van der Waals surface area contributed by atoms with Crippen LogP contribution >= 0.6 is 11.6 Å². The molecule has 1 amide bonds. The first kappa shape index (κ1) is 13.7. The summed E-state index contributed by atoms with van der Waals surface area (Å²) in [6, 6.07) is 0. The van der Waals surface area contributed by atoms with Gasteiger partial charge >= 0.3 is 5.97 Å². The summed E-state index contributed by atoms with van der Waals surface area (Å²) in [6.07, 6.45) is 4.11. The molecule has 0 bridgehead atoms. The summed E-state index contributed by atoms with van der Waals surface area (Å²) in [4.78, 5) is 33.0. The van der Waals surface area contributed by atoms with Gasteiger partial charge in [0.25, 0.3) is 5.91 Å². The van der Waals surface area contributed by atoms with Crippen molar-refractivity contribution in [2.75, 3.05) is 6.54 Å². The molecule has 1 aromatic rings. The van der Waals surface area contributed by atoms with Gasteiger partial charge in [-0.3, -0.25) is 9.78 Å². The number of rotatable bonds is 3. The summed E-state index contributed by atoms with van der Waals surface area (Å²) in [7, 11) is 0. The fourth-order valence-corrected chi connectivity index (χ4v) is 2.65. The molecule has 1 fully saturated rings. The van der Waals surface area contributed by atoms with Crippen molar-refractivity contribution in [1.29, 1.82) is 0 Å². The zero-order valence-electron chi connectivity index (χ0n) is 10.5. The van der Waals surface area contributed by atoms with Crippen LogP contribution in [0.4, 0.5) is 0 Å². The number of aliphatic carboxylic acids is 1. The molecule has 1 aliphatic rings. The van der Waals surface area contributed by atoms with Crippen molar-refractivity contribution in [2.24, 2.45) is 0 Å². The second-order valence-corrected chi connectivity index (χ2v) is 4.86. The molecule has 0 aliphatic carbocycles. The van der Waals surface area contributed by atoms with E-state index < -0.39 is 17.4 Å². The van der Waals surface area contributed by atoms with Crippen molar-refractivity contribution in [3.05, 3.63) is 23.2 Å². The van der Waals surface area contributed by atoms with E-state index in [-0.39, 0.29) is 10.8 Å². The van der Waals surface area contributed by atoms with Crippen molar-refractivity contribution >= 4 is 23.5 Å². The van der Waals surface area contributed by atoms with Crippen LogP contribution in [0.25, 0.3) is 0 Å². The molecule has 0 aromatic carbocycles. The second-order valence-electron chi connectivity index (χ2n) is 4.48. The molecule has 0 saturated carbocycles. The van der Waals surface area contributed by atoms with Crippen LogP contribution in [0.1, 0.15) is 36.7 Å². The smallest absolute Gasteiger partial charge is 0.329 e. The SMILES string of the molecule is CCC1(C(=O)O)CCCN1C(=O)c1cncc(Cl)n1. The highest BCUT2D eigenvalue weighted by molar-refractivity contribution is 6.29. The van der Waals surface area contributed by atoms with Crippen LogP contribution in [0.15, 0.2) is 12.4 Å². The lowest BCUT2D eigenvalue weighted by Gasteiger charge is -2.33. The van der Waals surface area contributed by atoms with Crippen LogP contribution in [0.3, 0.4) is 0 Å². The quantitative estimate of drug-likeness (QED) is 0.911. The number of nitrogens with zero attached hydrogens (tertiary/aromatic N) is 3. The Labute approximate surface area is 115 Å². The average molecular weight is 284 g/mol. The number of likely N-dealkylation sites (tertiary alicyclic amines) is 1. The lowest BCUT2D eigenvalue weighted by molar-refractivity contribution is -0.148. The number of carbonyl (C=O) groups excluding carboxylic acids is 1. The molecule has 1 unspecified atom stereocenters. The summed E-state index contributed by atoms with van der Waals surface area (Å²) < 4.78 is 0. The van der Waals surface area contributed by atoms with Crippen molar-refractivity contribution in [3.63, 3.8) is 0 Å². The van der Waals surface area contributed by atoms with Gasteiger partial charge in [-0.1, -0.05) is 18.5 Å². The molecule has 2 rings (SSSR count). The van der Waals surface area contributed by atoms with Crippen LogP contribution < -0.4 is 0 Å². The van der Waals surface area contributed by atoms with Crippen LogP contribution in [-0.2, 0) is 4.79 Å². The Balaban J connectivity index is 2.35. The number of halogens is 1. The fourth-order valence-electron chi connectivity index (χ4n) is 2.50. The van der Waals surface area contributed by atoms with E-state index in [1.807, 2.05) is 0 Å². The standard InChI is InChI=1S/C12H14ClN3O3/c1-2-12(11(18)19)4-3-5-16(12)10(17)8-6-14-7-9(13)15-8/h6-7H,2-5H2,1H3,(H,18,19). The molecule has 1 aromatic heterocycles. The zero-order chi connectivity index (χ0) is 14.0. The number of carboxylic acid groups (broad SMARTS) is 1. The third kappa shape index (κ3) is 2.28. The summed E-state index contributed by atoms with van der Waals surface area (Å²) in [6.45, 7) is 2.18. The Hall–Kier alpha value is -1.69. The minimum atomic E-state index is -1.14. The molecule has 6 nitrogen and oxygen atoms in total. The number of aromatic nitrogens is 2. The Morgan fingerprint density at radius 3 is 2.84 bits per heavy atom. The van der Waals surface area contributed by atoms with Crippen LogP contribution in [0, 0.1) is 0 Å². The fraction of sp³-hybridized carbons (Fsp3) is 0.500. The van der Waals surface area contributed by atoms with Gasteiger partial charge in [-0.15, -0.1) is 0 Å². The molecular weight excluding hydrogens is 270 g/mol. The van der Waals surface area contributed by atoms with Crippen molar-refractivity contribution in [2.45, 2.75) is 31.7 Å². The topological polar surface area (TPSA) is 83.4 Å². The lowest BCUT2D eigenvalue weighted by atomic mass is 9.93. The number of amides is 1. The van der Waals surface area contributed by atoms with E-state index in [2.05, 4.69) is 9.97 Å². The molecule has 1 aliphatic heterocycles. The van der Waals surface area contributed by atoms with E-state index in [9.17, 15) is 14.7 Å². The first-order valence-electron chi connectivity index (χ1n) is 6.04. The number of hydrogen-bond donors (Lipinski definition) is 1. The molecule has 1 N–H and O–H groups in total. The highest BCUT2D eigenvalue weighted by Gasteiger charge is 2.49. The van der Waals surface area contributed by atoms with Crippen LogP contribution in [0.2, 0.25) is 5.15 Å². The van der Waals surface area contributed by atoms with Crippen molar-refractivity contribution in [1.82, 2.24) is 14.9 Å².